The summed E-state index contributed by atoms with van der Waals surface area (Å²) in [6, 6.07) is 11.8. The van der Waals surface area contributed by atoms with Gasteiger partial charge in [0.15, 0.2) is 0 Å². The van der Waals surface area contributed by atoms with Crippen LogP contribution in [0.3, 0.4) is 0 Å². The molecule has 9 heteroatoms. The van der Waals surface area contributed by atoms with Crippen LogP contribution in [0.15, 0.2) is 47.4 Å². The molecule has 0 heterocycles. The number of anilines is 1. The molecule has 158 valence electrons. The summed E-state index contributed by atoms with van der Waals surface area (Å²) in [5, 5.41) is 17.3. The van der Waals surface area contributed by atoms with Crippen LogP contribution in [0.4, 0.5) is 11.4 Å². The number of rotatable bonds is 10. The van der Waals surface area contributed by atoms with Crippen molar-refractivity contribution in [1.82, 2.24) is 9.62 Å². The van der Waals surface area contributed by atoms with Gasteiger partial charge in [-0.3, -0.25) is 10.1 Å². The fraction of sp³-hybridized carbons (Fsp3) is 0.400. The molecule has 0 fully saturated rings. The summed E-state index contributed by atoms with van der Waals surface area (Å²) >= 11 is 0. The Hall–Kier alpha value is -2.49. The minimum atomic E-state index is -3.48. The van der Waals surface area contributed by atoms with Gasteiger partial charge in [0.2, 0.25) is 10.0 Å². The zero-order chi connectivity index (χ0) is 21.6. The summed E-state index contributed by atoms with van der Waals surface area (Å²) in [7, 11) is -1.83. The Morgan fingerprint density at radius 1 is 1.10 bits per heavy atom. The molecule has 0 aliphatic carbocycles. The van der Waals surface area contributed by atoms with Crippen molar-refractivity contribution >= 4 is 21.4 Å². The monoisotopic (exact) mass is 420 g/mol. The Kier molecular flexibility index (Phi) is 7.72. The first kappa shape index (κ1) is 22.8. The van der Waals surface area contributed by atoms with E-state index in [1.807, 2.05) is 26.8 Å². The first-order chi connectivity index (χ1) is 13.7. The highest BCUT2D eigenvalue weighted by Gasteiger charge is 2.21. The van der Waals surface area contributed by atoms with E-state index in [1.54, 1.807) is 43.4 Å². The average Bonchev–Trinajstić information content (AvgIpc) is 2.72. The topological polar surface area (TPSA) is 105 Å². The molecule has 0 saturated carbocycles. The van der Waals surface area contributed by atoms with Gasteiger partial charge < -0.3 is 10.6 Å². The van der Waals surface area contributed by atoms with E-state index >= 15 is 0 Å². The number of benzene rings is 2. The molecular formula is C20H28N4O4S. The van der Waals surface area contributed by atoms with Crippen molar-refractivity contribution in [3.63, 3.8) is 0 Å². The molecule has 0 amide bonds. The van der Waals surface area contributed by atoms with E-state index in [4.69, 9.17) is 0 Å². The lowest BCUT2D eigenvalue weighted by Gasteiger charge is -2.19. The van der Waals surface area contributed by atoms with E-state index in [0.29, 0.717) is 25.3 Å². The van der Waals surface area contributed by atoms with E-state index < -0.39 is 14.9 Å². The van der Waals surface area contributed by atoms with Crippen molar-refractivity contribution in [2.75, 3.05) is 25.5 Å². The van der Waals surface area contributed by atoms with Crippen LogP contribution in [0.2, 0.25) is 0 Å². The predicted molar refractivity (Wildman–Crippen MR) is 114 cm³/mol. The quantitative estimate of drug-likeness (QED) is 0.450. The normalized spacial score (nSPS) is 12.7. The fourth-order valence-electron chi connectivity index (χ4n) is 3.08. The molecule has 2 N–H and O–H groups in total. The lowest BCUT2D eigenvalue weighted by molar-refractivity contribution is -0.384. The van der Waals surface area contributed by atoms with Gasteiger partial charge >= 0.3 is 0 Å². The van der Waals surface area contributed by atoms with Gasteiger partial charge in [0, 0.05) is 38.8 Å². The average molecular weight is 421 g/mol. The van der Waals surface area contributed by atoms with Crippen LogP contribution in [0, 0.1) is 10.1 Å². The predicted octanol–water partition coefficient (Wildman–Crippen LogP) is 3.52. The van der Waals surface area contributed by atoms with Crippen LogP contribution in [0.5, 0.6) is 0 Å². The van der Waals surface area contributed by atoms with Crippen molar-refractivity contribution in [1.29, 1.82) is 0 Å². The maximum Gasteiger partial charge on any atom is 0.292 e. The third kappa shape index (κ3) is 5.31. The van der Waals surface area contributed by atoms with Gasteiger partial charge in [-0.05, 0) is 36.2 Å². The van der Waals surface area contributed by atoms with E-state index in [1.165, 1.54) is 4.31 Å². The summed E-state index contributed by atoms with van der Waals surface area (Å²) < 4.78 is 26.6. The van der Waals surface area contributed by atoms with Gasteiger partial charge in [0.1, 0.15) is 5.69 Å². The second-order valence-electron chi connectivity index (χ2n) is 6.62. The van der Waals surface area contributed by atoms with Crippen LogP contribution in [-0.4, -0.2) is 37.8 Å². The van der Waals surface area contributed by atoms with E-state index in [2.05, 4.69) is 10.6 Å². The minimum Gasteiger partial charge on any atom is -0.383 e. The van der Waals surface area contributed by atoms with Gasteiger partial charge in [-0.1, -0.05) is 32.0 Å². The number of hydrogen-bond acceptors (Lipinski definition) is 6. The maximum atomic E-state index is 12.6. The highest BCUT2D eigenvalue weighted by Crippen LogP contribution is 2.25. The smallest absolute Gasteiger partial charge is 0.292 e. The van der Waals surface area contributed by atoms with Crippen molar-refractivity contribution in [2.45, 2.75) is 38.3 Å². The largest absolute Gasteiger partial charge is 0.383 e. The standard InChI is InChI=1S/C20H28N4O4S/c1-5-23(6-2)29(27,28)18-10-8-17(9-11-18)15(3)22-14-16-7-12-19(21-4)20(13-16)24(25)26/h7-13,15,21-22H,5-6,14H2,1-4H3/t15-/m1/s1. The van der Waals surface area contributed by atoms with Crippen LogP contribution in [-0.2, 0) is 16.6 Å². The van der Waals surface area contributed by atoms with Crippen LogP contribution in [0.25, 0.3) is 0 Å². The van der Waals surface area contributed by atoms with Gasteiger partial charge in [0.25, 0.3) is 5.69 Å². The number of sulfonamides is 1. The summed E-state index contributed by atoms with van der Waals surface area (Å²) in [4.78, 5) is 11.1. The van der Waals surface area contributed by atoms with Crippen molar-refractivity contribution < 1.29 is 13.3 Å². The zero-order valence-electron chi connectivity index (χ0n) is 17.2. The molecule has 8 nitrogen and oxygen atoms in total. The molecular weight excluding hydrogens is 392 g/mol. The summed E-state index contributed by atoms with van der Waals surface area (Å²) in [5.41, 5.74) is 2.23. The Balaban J connectivity index is 2.09. The molecule has 29 heavy (non-hydrogen) atoms. The molecule has 0 aliphatic rings. The molecule has 0 bridgehead atoms. The Labute approximate surface area is 172 Å². The van der Waals surface area contributed by atoms with Crippen LogP contribution >= 0.6 is 0 Å². The molecule has 0 aliphatic heterocycles. The number of nitrogens with one attached hydrogen (secondary N) is 2. The number of nitrogens with zero attached hydrogens (tertiary/aromatic N) is 2. The Morgan fingerprint density at radius 2 is 1.72 bits per heavy atom. The molecule has 0 spiro atoms. The first-order valence-corrected chi connectivity index (χ1v) is 11.0. The summed E-state index contributed by atoms with van der Waals surface area (Å²) in [5.74, 6) is 0. The second kappa shape index (κ2) is 9.82. The summed E-state index contributed by atoms with van der Waals surface area (Å²) in [6.45, 7) is 6.90. The van der Waals surface area contributed by atoms with Crippen LogP contribution in [0.1, 0.15) is 37.9 Å². The zero-order valence-corrected chi connectivity index (χ0v) is 18.0. The second-order valence-corrected chi connectivity index (χ2v) is 8.56. The van der Waals surface area contributed by atoms with Crippen molar-refractivity contribution in [3.05, 3.63) is 63.7 Å². The van der Waals surface area contributed by atoms with E-state index in [9.17, 15) is 18.5 Å². The van der Waals surface area contributed by atoms with Gasteiger partial charge in [-0.25, -0.2) is 8.42 Å². The first-order valence-electron chi connectivity index (χ1n) is 9.53. The molecule has 0 aromatic heterocycles. The highest BCUT2D eigenvalue weighted by atomic mass is 32.2. The molecule has 2 aromatic rings. The third-order valence-electron chi connectivity index (χ3n) is 4.86. The minimum absolute atomic E-state index is 0.0328. The fourth-order valence-corrected chi connectivity index (χ4v) is 4.54. The van der Waals surface area contributed by atoms with Gasteiger partial charge in [0.05, 0.1) is 9.82 Å². The lowest BCUT2D eigenvalue weighted by atomic mass is 10.1. The molecule has 0 saturated heterocycles. The molecule has 0 radical (unpaired) electrons. The third-order valence-corrected chi connectivity index (χ3v) is 6.93. The van der Waals surface area contributed by atoms with Crippen molar-refractivity contribution in [2.24, 2.45) is 0 Å². The molecule has 2 rings (SSSR count). The number of nitro benzene ring substituents is 1. The SMILES string of the molecule is CCN(CC)S(=O)(=O)c1ccc([C@@H](C)NCc2ccc(NC)c([N+](=O)[O-])c2)cc1. The molecule has 1 atom stereocenters. The number of hydrogen-bond donors (Lipinski definition) is 2. The summed E-state index contributed by atoms with van der Waals surface area (Å²) in [6.07, 6.45) is 0. The van der Waals surface area contributed by atoms with E-state index in [0.717, 1.165) is 11.1 Å². The van der Waals surface area contributed by atoms with Crippen LogP contribution < -0.4 is 10.6 Å². The Morgan fingerprint density at radius 3 is 2.24 bits per heavy atom. The van der Waals surface area contributed by atoms with E-state index in [-0.39, 0.29) is 16.6 Å². The molecule has 2 aromatic carbocycles. The number of nitro groups is 1. The van der Waals surface area contributed by atoms with Gasteiger partial charge in [-0.2, -0.15) is 4.31 Å². The Bertz CT molecular complexity index is 941. The van der Waals surface area contributed by atoms with Crippen molar-refractivity contribution in [3.8, 4) is 0 Å². The lowest BCUT2D eigenvalue weighted by Crippen LogP contribution is -2.30. The maximum absolute atomic E-state index is 12.6. The molecule has 0 unspecified atom stereocenters. The van der Waals surface area contributed by atoms with Gasteiger partial charge in [-0.15, -0.1) is 0 Å². The highest BCUT2D eigenvalue weighted by molar-refractivity contribution is 7.89.